The van der Waals surface area contributed by atoms with E-state index in [1.54, 1.807) is 18.5 Å². The van der Waals surface area contributed by atoms with Crippen molar-refractivity contribution < 1.29 is 32.6 Å². The Bertz CT molecular complexity index is 1410. The molecule has 0 aliphatic carbocycles. The number of hydrogen-bond donors (Lipinski definition) is 3. The SMILES string of the molecule is O=C(Nc1ccc2[nH]ncc2c1)c1cc(O[C@@H]2CCCN(Cc3ccccc3)C2)ccn1.O=C(O)C(F)(F)F. The Kier molecular flexibility index (Phi) is 8.77. The first-order chi connectivity index (χ1) is 18.7. The molecule has 12 heteroatoms. The van der Waals surface area contributed by atoms with Gasteiger partial charge in [-0.05, 0) is 49.2 Å². The van der Waals surface area contributed by atoms with Crippen LogP contribution in [0.25, 0.3) is 10.9 Å². The van der Waals surface area contributed by atoms with Gasteiger partial charge in [0.2, 0.25) is 0 Å². The highest BCUT2D eigenvalue weighted by atomic mass is 19.4. The molecular formula is C27H26F3N5O4. The Hall–Kier alpha value is -4.45. The maximum atomic E-state index is 12.7. The number of carbonyl (C=O) groups excluding carboxylic acids is 1. The molecule has 3 heterocycles. The minimum absolute atomic E-state index is 0.0919. The molecule has 1 saturated heterocycles. The van der Waals surface area contributed by atoms with E-state index in [0.717, 1.165) is 43.4 Å². The number of hydrogen-bond acceptors (Lipinski definition) is 6. The first-order valence-electron chi connectivity index (χ1n) is 12.1. The molecule has 0 spiro atoms. The third-order valence-electron chi connectivity index (χ3n) is 5.92. The summed E-state index contributed by atoms with van der Waals surface area (Å²) in [4.78, 5) is 28.3. The highest BCUT2D eigenvalue weighted by Gasteiger charge is 2.38. The van der Waals surface area contributed by atoms with Crippen LogP contribution in [0, 0.1) is 0 Å². The second-order valence-corrected chi connectivity index (χ2v) is 8.91. The Morgan fingerprint density at radius 3 is 2.64 bits per heavy atom. The summed E-state index contributed by atoms with van der Waals surface area (Å²) in [6.45, 7) is 2.86. The first kappa shape index (κ1) is 27.6. The van der Waals surface area contributed by atoms with E-state index >= 15 is 0 Å². The zero-order valence-electron chi connectivity index (χ0n) is 20.7. The number of piperidine rings is 1. The van der Waals surface area contributed by atoms with Crippen molar-refractivity contribution in [1.82, 2.24) is 20.1 Å². The number of carboxylic acids is 1. The number of fused-ring (bicyclic) bond motifs is 1. The first-order valence-corrected chi connectivity index (χ1v) is 12.1. The lowest BCUT2D eigenvalue weighted by Gasteiger charge is -2.33. The van der Waals surface area contributed by atoms with Crippen LogP contribution < -0.4 is 10.1 Å². The number of pyridine rings is 1. The molecule has 0 unspecified atom stereocenters. The number of aromatic amines is 1. The van der Waals surface area contributed by atoms with Crippen LogP contribution in [0.2, 0.25) is 0 Å². The van der Waals surface area contributed by atoms with Crippen LogP contribution in [0.5, 0.6) is 5.75 Å². The van der Waals surface area contributed by atoms with Gasteiger partial charge in [0, 0.05) is 36.4 Å². The predicted molar refractivity (Wildman–Crippen MR) is 137 cm³/mol. The molecular weight excluding hydrogens is 515 g/mol. The topological polar surface area (TPSA) is 120 Å². The molecule has 0 bridgehead atoms. The number of benzene rings is 2. The molecule has 5 rings (SSSR count). The van der Waals surface area contributed by atoms with Gasteiger partial charge in [-0.1, -0.05) is 30.3 Å². The quantitative estimate of drug-likeness (QED) is 0.318. The maximum Gasteiger partial charge on any atom is 0.490 e. The van der Waals surface area contributed by atoms with Gasteiger partial charge in [-0.2, -0.15) is 18.3 Å². The summed E-state index contributed by atoms with van der Waals surface area (Å²) in [5.74, 6) is -2.36. The molecule has 0 saturated carbocycles. The van der Waals surface area contributed by atoms with Crippen LogP contribution in [-0.2, 0) is 11.3 Å². The molecule has 0 radical (unpaired) electrons. The van der Waals surface area contributed by atoms with Crippen LogP contribution in [0.3, 0.4) is 0 Å². The van der Waals surface area contributed by atoms with E-state index in [4.69, 9.17) is 14.6 Å². The monoisotopic (exact) mass is 541 g/mol. The smallest absolute Gasteiger partial charge is 0.489 e. The van der Waals surface area contributed by atoms with Crippen molar-refractivity contribution in [2.24, 2.45) is 0 Å². The summed E-state index contributed by atoms with van der Waals surface area (Å²) in [5.41, 5.74) is 3.25. The van der Waals surface area contributed by atoms with Crippen LogP contribution in [0.15, 0.2) is 73.1 Å². The van der Waals surface area contributed by atoms with Gasteiger partial charge >= 0.3 is 12.1 Å². The summed E-state index contributed by atoms with van der Waals surface area (Å²) in [5, 5.41) is 17.9. The number of amides is 1. The van der Waals surface area contributed by atoms with Crippen molar-refractivity contribution in [2.45, 2.75) is 31.7 Å². The van der Waals surface area contributed by atoms with E-state index in [-0.39, 0.29) is 12.0 Å². The summed E-state index contributed by atoms with van der Waals surface area (Å²) < 4.78 is 38.0. The van der Waals surface area contributed by atoms with Gasteiger partial charge < -0.3 is 15.2 Å². The van der Waals surface area contributed by atoms with Crippen molar-refractivity contribution in [3.05, 3.63) is 84.3 Å². The number of likely N-dealkylation sites (tertiary alicyclic amines) is 1. The van der Waals surface area contributed by atoms with Gasteiger partial charge in [-0.15, -0.1) is 0 Å². The number of aromatic nitrogens is 3. The fraction of sp³-hybridized carbons (Fsp3) is 0.259. The van der Waals surface area contributed by atoms with E-state index in [0.29, 0.717) is 17.1 Å². The normalized spacial score (nSPS) is 15.7. The van der Waals surface area contributed by atoms with Gasteiger partial charge in [0.1, 0.15) is 17.5 Å². The third kappa shape index (κ3) is 8.01. The van der Waals surface area contributed by atoms with Gasteiger partial charge in [0.25, 0.3) is 5.91 Å². The Balaban J connectivity index is 0.000000448. The highest BCUT2D eigenvalue weighted by Crippen LogP contribution is 2.22. The molecule has 3 N–H and O–H groups in total. The Labute approximate surface area is 221 Å². The molecule has 1 aliphatic rings. The third-order valence-corrected chi connectivity index (χ3v) is 5.92. The molecule has 204 valence electrons. The fourth-order valence-electron chi connectivity index (χ4n) is 4.11. The lowest BCUT2D eigenvalue weighted by molar-refractivity contribution is -0.192. The second-order valence-electron chi connectivity index (χ2n) is 8.91. The van der Waals surface area contributed by atoms with Crippen LogP contribution in [0.4, 0.5) is 18.9 Å². The van der Waals surface area contributed by atoms with Gasteiger partial charge in [0.05, 0.1) is 11.7 Å². The molecule has 2 aromatic heterocycles. The fourth-order valence-corrected chi connectivity index (χ4v) is 4.11. The summed E-state index contributed by atoms with van der Waals surface area (Å²) in [6, 6.07) is 19.6. The number of nitrogens with zero attached hydrogens (tertiary/aromatic N) is 3. The Morgan fingerprint density at radius 1 is 1.13 bits per heavy atom. The average Bonchev–Trinajstić information content (AvgIpc) is 3.37. The van der Waals surface area contributed by atoms with Gasteiger partial charge in [-0.25, -0.2) is 4.79 Å². The lowest BCUT2D eigenvalue weighted by atomic mass is 10.1. The summed E-state index contributed by atoms with van der Waals surface area (Å²) in [6.07, 6.45) is 0.442. The Morgan fingerprint density at radius 2 is 1.90 bits per heavy atom. The van der Waals surface area contributed by atoms with Crippen LogP contribution in [-0.4, -0.2) is 62.4 Å². The van der Waals surface area contributed by atoms with Crippen molar-refractivity contribution >= 4 is 28.5 Å². The zero-order chi connectivity index (χ0) is 27.8. The number of anilines is 1. The molecule has 1 fully saturated rings. The summed E-state index contributed by atoms with van der Waals surface area (Å²) in [7, 11) is 0. The predicted octanol–water partition coefficient (Wildman–Crippen LogP) is 4.89. The number of ether oxygens (including phenoxy) is 1. The van der Waals surface area contributed by atoms with E-state index in [9.17, 15) is 18.0 Å². The van der Waals surface area contributed by atoms with Crippen molar-refractivity contribution in [3.63, 3.8) is 0 Å². The van der Waals surface area contributed by atoms with E-state index < -0.39 is 12.1 Å². The molecule has 4 aromatic rings. The standard InChI is InChI=1S/C25H25N5O2.C2HF3O2/c31-25(28-20-8-9-23-19(13-20)15-27-29-23)24-14-21(10-11-26-24)32-22-7-4-12-30(17-22)16-18-5-2-1-3-6-18;3-2(4,5)1(6)7/h1-3,5-6,8-11,13-15,22H,4,7,12,16-17H2,(H,27,29)(H,28,31);(H,6,7)/t22-;/m1./s1. The van der Waals surface area contributed by atoms with E-state index in [2.05, 4.69) is 49.7 Å². The number of H-pyrrole nitrogens is 1. The molecule has 1 amide bonds. The van der Waals surface area contributed by atoms with E-state index in [1.807, 2.05) is 30.3 Å². The number of halogens is 3. The van der Waals surface area contributed by atoms with Crippen LogP contribution >= 0.6 is 0 Å². The maximum absolute atomic E-state index is 12.7. The van der Waals surface area contributed by atoms with Crippen molar-refractivity contribution in [2.75, 3.05) is 18.4 Å². The largest absolute Gasteiger partial charge is 0.490 e. The molecule has 2 aromatic carbocycles. The number of aliphatic carboxylic acids is 1. The lowest BCUT2D eigenvalue weighted by Crippen LogP contribution is -2.40. The highest BCUT2D eigenvalue weighted by molar-refractivity contribution is 6.04. The van der Waals surface area contributed by atoms with Gasteiger partial charge in [-0.3, -0.25) is 19.8 Å². The van der Waals surface area contributed by atoms with Crippen molar-refractivity contribution in [1.29, 1.82) is 0 Å². The summed E-state index contributed by atoms with van der Waals surface area (Å²) >= 11 is 0. The van der Waals surface area contributed by atoms with E-state index in [1.165, 1.54) is 5.56 Å². The molecule has 39 heavy (non-hydrogen) atoms. The molecule has 1 aliphatic heterocycles. The average molecular weight is 542 g/mol. The number of rotatable bonds is 6. The number of alkyl halides is 3. The number of carboxylic acid groups (broad SMARTS) is 1. The zero-order valence-corrected chi connectivity index (χ0v) is 20.7. The van der Waals surface area contributed by atoms with Gasteiger partial charge in [0.15, 0.2) is 0 Å². The van der Waals surface area contributed by atoms with Crippen molar-refractivity contribution in [3.8, 4) is 5.75 Å². The minimum Gasteiger partial charge on any atom is -0.489 e. The number of carbonyl (C=O) groups is 2. The van der Waals surface area contributed by atoms with Crippen LogP contribution in [0.1, 0.15) is 28.9 Å². The minimum atomic E-state index is -5.08. The molecule has 9 nitrogen and oxygen atoms in total. The molecule has 1 atom stereocenters. The second kappa shape index (κ2) is 12.4. The number of nitrogens with one attached hydrogen (secondary N) is 2.